The molecule has 0 bridgehead atoms. The smallest absolute Gasteiger partial charge is 0.224 e. The number of nitrogens with zero attached hydrogens (tertiary/aromatic N) is 2. The molecule has 0 radical (unpaired) electrons. The third-order valence-corrected chi connectivity index (χ3v) is 3.75. The first-order chi connectivity index (χ1) is 11.2. The summed E-state index contributed by atoms with van der Waals surface area (Å²) in [5.41, 5.74) is 4.41. The van der Waals surface area contributed by atoms with Gasteiger partial charge in [-0.25, -0.2) is 0 Å². The molecule has 0 unspecified atom stereocenters. The van der Waals surface area contributed by atoms with E-state index in [0.717, 1.165) is 23.2 Å². The van der Waals surface area contributed by atoms with E-state index in [0.29, 0.717) is 6.42 Å². The van der Waals surface area contributed by atoms with Gasteiger partial charge in [-0.15, -0.1) is 0 Å². The zero-order valence-corrected chi connectivity index (χ0v) is 13.1. The Kier molecular flexibility index (Phi) is 4.52. The summed E-state index contributed by atoms with van der Waals surface area (Å²) in [5, 5.41) is 7.06. The molecule has 0 aliphatic heterocycles. The Morgan fingerprint density at radius 2 is 1.74 bits per heavy atom. The summed E-state index contributed by atoms with van der Waals surface area (Å²) >= 11 is 0. The minimum Gasteiger partial charge on any atom is -0.359 e. The lowest BCUT2D eigenvalue weighted by Gasteiger charge is -2.03. The van der Waals surface area contributed by atoms with E-state index in [1.54, 1.807) is 7.05 Å². The Labute approximate surface area is 135 Å². The second-order valence-corrected chi connectivity index (χ2v) is 5.46. The highest BCUT2D eigenvalue weighted by atomic mass is 16.1. The van der Waals surface area contributed by atoms with Crippen LogP contribution in [0.3, 0.4) is 0 Å². The Morgan fingerprint density at radius 1 is 1.00 bits per heavy atom. The fourth-order valence-corrected chi connectivity index (χ4v) is 2.46. The normalized spacial score (nSPS) is 10.5. The predicted octanol–water partition coefficient (Wildman–Crippen LogP) is 2.89. The Balaban J connectivity index is 1.71. The molecule has 1 amide bonds. The van der Waals surface area contributed by atoms with Crippen LogP contribution in [0.15, 0.2) is 67.0 Å². The molecular weight excluding hydrogens is 286 g/mol. The first kappa shape index (κ1) is 15.0. The highest BCUT2D eigenvalue weighted by molar-refractivity contribution is 5.78. The van der Waals surface area contributed by atoms with Crippen LogP contribution < -0.4 is 5.32 Å². The maximum absolute atomic E-state index is 11.4. The van der Waals surface area contributed by atoms with Crippen molar-refractivity contribution in [1.29, 1.82) is 0 Å². The van der Waals surface area contributed by atoms with Gasteiger partial charge in [0, 0.05) is 18.8 Å². The van der Waals surface area contributed by atoms with E-state index in [9.17, 15) is 4.79 Å². The topological polar surface area (TPSA) is 46.9 Å². The van der Waals surface area contributed by atoms with Crippen LogP contribution in [0.4, 0.5) is 0 Å². The highest BCUT2D eigenvalue weighted by Gasteiger charge is 2.04. The van der Waals surface area contributed by atoms with Gasteiger partial charge in [-0.3, -0.25) is 9.48 Å². The van der Waals surface area contributed by atoms with Crippen LogP contribution in [0.25, 0.3) is 11.1 Å². The Morgan fingerprint density at radius 3 is 2.43 bits per heavy atom. The van der Waals surface area contributed by atoms with Crippen LogP contribution in [0.5, 0.6) is 0 Å². The predicted molar refractivity (Wildman–Crippen MR) is 91.0 cm³/mol. The molecule has 0 aliphatic carbocycles. The van der Waals surface area contributed by atoms with E-state index in [2.05, 4.69) is 22.5 Å². The summed E-state index contributed by atoms with van der Waals surface area (Å²) in [6.45, 7) is 0.760. The lowest BCUT2D eigenvalue weighted by Crippen LogP contribution is -2.19. The number of hydrogen-bond acceptors (Lipinski definition) is 2. The standard InChI is InChI=1S/C19H19N3O/c1-20-19(23)11-15-7-9-17(10-8-15)18-12-21-22(14-18)13-16-5-3-2-4-6-16/h2-10,12,14H,11,13H2,1H3,(H,20,23). The van der Waals surface area contributed by atoms with Gasteiger partial charge in [-0.05, 0) is 16.7 Å². The van der Waals surface area contributed by atoms with Crippen LogP contribution >= 0.6 is 0 Å². The molecule has 1 aromatic heterocycles. The van der Waals surface area contributed by atoms with E-state index < -0.39 is 0 Å². The third-order valence-electron chi connectivity index (χ3n) is 3.75. The second-order valence-electron chi connectivity index (χ2n) is 5.46. The first-order valence-corrected chi connectivity index (χ1v) is 7.61. The Bertz CT molecular complexity index is 776. The number of nitrogens with one attached hydrogen (secondary N) is 1. The molecule has 0 aliphatic rings. The molecule has 116 valence electrons. The molecule has 2 aromatic carbocycles. The molecule has 0 atom stereocenters. The molecule has 23 heavy (non-hydrogen) atoms. The minimum atomic E-state index is 0.0217. The van der Waals surface area contributed by atoms with Crippen LogP contribution in [-0.2, 0) is 17.8 Å². The van der Waals surface area contributed by atoms with Crippen molar-refractivity contribution in [3.05, 3.63) is 78.1 Å². The summed E-state index contributed by atoms with van der Waals surface area (Å²) in [5.74, 6) is 0.0217. The largest absolute Gasteiger partial charge is 0.359 e. The Hall–Kier alpha value is -2.88. The molecule has 1 heterocycles. The molecular formula is C19H19N3O. The number of benzene rings is 2. The average molecular weight is 305 g/mol. The number of carbonyl (C=O) groups excluding carboxylic acids is 1. The van der Waals surface area contributed by atoms with E-state index in [1.807, 2.05) is 59.5 Å². The average Bonchev–Trinajstić information content (AvgIpc) is 3.05. The zero-order valence-electron chi connectivity index (χ0n) is 13.1. The highest BCUT2D eigenvalue weighted by Crippen LogP contribution is 2.19. The van der Waals surface area contributed by atoms with Crippen LogP contribution in [-0.4, -0.2) is 22.7 Å². The van der Waals surface area contributed by atoms with E-state index in [1.165, 1.54) is 5.56 Å². The van der Waals surface area contributed by atoms with Crippen molar-refractivity contribution in [2.75, 3.05) is 7.05 Å². The van der Waals surface area contributed by atoms with Gasteiger partial charge in [-0.2, -0.15) is 5.10 Å². The number of rotatable bonds is 5. The first-order valence-electron chi connectivity index (χ1n) is 7.61. The molecule has 0 saturated heterocycles. The van der Waals surface area contributed by atoms with Gasteiger partial charge in [0.15, 0.2) is 0 Å². The zero-order chi connectivity index (χ0) is 16.1. The number of carbonyl (C=O) groups is 1. The van der Waals surface area contributed by atoms with E-state index in [4.69, 9.17) is 0 Å². The maximum Gasteiger partial charge on any atom is 0.224 e. The van der Waals surface area contributed by atoms with Gasteiger partial charge >= 0.3 is 0 Å². The van der Waals surface area contributed by atoms with Crippen molar-refractivity contribution in [2.24, 2.45) is 0 Å². The summed E-state index contributed by atoms with van der Waals surface area (Å²) in [4.78, 5) is 11.4. The minimum absolute atomic E-state index is 0.0217. The SMILES string of the molecule is CNC(=O)Cc1ccc(-c2cnn(Cc3ccccc3)c2)cc1. The quantitative estimate of drug-likeness (QED) is 0.788. The van der Waals surface area contributed by atoms with E-state index in [-0.39, 0.29) is 5.91 Å². The molecule has 3 rings (SSSR count). The summed E-state index contributed by atoms with van der Waals surface area (Å²) in [7, 11) is 1.65. The van der Waals surface area contributed by atoms with Crippen molar-refractivity contribution in [3.8, 4) is 11.1 Å². The third kappa shape index (κ3) is 3.86. The number of hydrogen-bond donors (Lipinski definition) is 1. The van der Waals surface area contributed by atoms with Crippen molar-refractivity contribution >= 4 is 5.91 Å². The molecule has 4 heteroatoms. The molecule has 3 aromatic rings. The van der Waals surface area contributed by atoms with Crippen molar-refractivity contribution in [3.63, 3.8) is 0 Å². The lowest BCUT2D eigenvalue weighted by molar-refractivity contribution is -0.119. The number of aromatic nitrogens is 2. The molecule has 0 saturated carbocycles. The van der Waals surface area contributed by atoms with E-state index >= 15 is 0 Å². The number of amides is 1. The van der Waals surface area contributed by atoms with Crippen LogP contribution in [0.1, 0.15) is 11.1 Å². The monoisotopic (exact) mass is 305 g/mol. The summed E-state index contributed by atoms with van der Waals surface area (Å²) in [6, 6.07) is 18.3. The lowest BCUT2D eigenvalue weighted by atomic mass is 10.1. The van der Waals surface area contributed by atoms with Crippen LogP contribution in [0.2, 0.25) is 0 Å². The fourth-order valence-electron chi connectivity index (χ4n) is 2.46. The van der Waals surface area contributed by atoms with Crippen LogP contribution in [0, 0.1) is 0 Å². The van der Waals surface area contributed by atoms with Gasteiger partial charge in [0.2, 0.25) is 5.91 Å². The number of likely N-dealkylation sites (N-methyl/N-ethyl adjacent to an activating group) is 1. The van der Waals surface area contributed by atoms with Crippen molar-refractivity contribution < 1.29 is 4.79 Å². The second kappa shape index (κ2) is 6.92. The molecule has 0 spiro atoms. The molecule has 0 fully saturated rings. The van der Waals surface area contributed by atoms with Gasteiger partial charge < -0.3 is 5.32 Å². The fraction of sp³-hybridized carbons (Fsp3) is 0.158. The van der Waals surface area contributed by atoms with Gasteiger partial charge in [0.05, 0.1) is 19.2 Å². The summed E-state index contributed by atoms with van der Waals surface area (Å²) < 4.78 is 1.93. The van der Waals surface area contributed by atoms with Gasteiger partial charge in [-0.1, -0.05) is 54.6 Å². The summed E-state index contributed by atoms with van der Waals surface area (Å²) in [6.07, 6.45) is 4.32. The molecule has 4 nitrogen and oxygen atoms in total. The maximum atomic E-state index is 11.4. The van der Waals surface area contributed by atoms with Gasteiger partial charge in [0.1, 0.15) is 0 Å². The van der Waals surface area contributed by atoms with Crippen molar-refractivity contribution in [2.45, 2.75) is 13.0 Å². The van der Waals surface area contributed by atoms with Gasteiger partial charge in [0.25, 0.3) is 0 Å². The van der Waals surface area contributed by atoms with Crippen molar-refractivity contribution in [1.82, 2.24) is 15.1 Å². The molecule has 1 N–H and O–H groups in total.